The summed E-state index contributed by atoms with van der Waals surface area (Å²) in [6, 6.07) is 4.13. The largest absolute Gasteiger partial charge is 0.373 e. The summed E-state index contributed by atoms with van der Waals surface area (Å²) in [6.07, 6.45) is -0.375. The smallest absolute Gasteiger partial charge is 0.282 e. The predicted molar refractivity (Wildman–Crippen MR) is 107 cm³/mol. The average Bonchev–Trinajstić information content (AvgIpc) is 2.60. The van der Waals surface area contributed by atoms with E-state index in [9.17, 15) is 16.8 Å². The molecule has 12 heteroatoms. The second kappa shape index (κ2) is 8.35. The maximum Gasteiger partial charge on any atom is 0.282 e. The van der Waals surface area contributed by atoms with E-state index in [0.29, 0.717) is 0 Å². The zero-order valence-electron chi connectivity index (χ0n) is 15.6. The summed E-state index contributed by atoms with van der Waals surface area (Å²) in [7, 11) is -7.48. The Balaban J connectivity index is 1.71. The highest BCUT2D eigenvalue weighted by Crippen LogP contribution is 2.26. The third kappa shape index (κ3) is 4.65. The molecule has 0 spiro atoms. The summed E-state index contributed by atoms with van der Waals surface area (Å²) in [5.74, 6) is 0. The van der Waals surface area contributed by atoms with Crippen molar-refractivity contribution in [1.29, 1.82) is 0 Å². The highest BCUT2D eigenvalue weighted by molar-refractivity contribution is 7.89. The van der Waals surface area contributed by atoms with Crippen molar-refractivity contribution in [2.45, 2.75) is 31.0 Å². The Morgan fingerprint density at radius 3 is 1.79 bits per heavy atom. The molecule has 0 amide bonds. The van der Waals surface area contributed by atoms with Gasteiger partial charge in [-0.3, -0.25) is 0 Å². The van der Waals surface area contributed by atoms with Gasteiger partial charge in [-0.05, 0) is 32.0 Å². The molecular formula is C16H23Cl2N3O5S2. The average molecular weight is 472 g/mol. The minimum atomic E-state index is -3.81. The van der Waals surface area contributed by atoms with Gasteiger partial charge in [-0.2, -0.15) is 21.3 Å². The predicted octanol–water partition coefficient (Wildman–Crippen LogP) is 1.65. The maximum absolute atomic E-state index is 12.9. The van der Waals surface area contributed by atoms with Gasteiger partial charge in [0.2, 0.25) is 10.0 Å². The topological polar surface area (TPSA) is 87.2 Å². The second-order valence-corrected chi connectivity index (χ2v) is 11.7. The fourth-order valence-corrected chi connectivity index (χ4v) is 7.35. The molecule has 2 aliphatic heterocycles. The van der Waals surface area contributed by atoms with Crippen LogP contribution in [0.3, 0.4) is 0 Å². The van der Waals surface area contributed by atoms with E-state index in [4.69, 9.17) is 27.9 Å². The summed E-state index contributed by atoms with van der Waals surface area (Å²) in [5.41, 5.74) is 0. The molecule has 0 bridgehead atoms. The molecule has 3 rings (SSSR count). The molecule has 0 radical (unpaired) electrons. The molecule has 2 fully saturated rings. The fraction of sp³-hybridized carbons (Fsp3) is 0.625. The lowest BCUT2D eigenvalue weighted by molar-refractivity contribution is -0.0456. The van der Waals surface area contributed by atoms with Gasteiger partial charge in [0.05, 0.1) is 17.1 Å². The molecule has 0 saturated carbocycles. The van der Waals surface area contributed by atoms with Gasteiger partial charge >= 0.3 is 0 Å². The number of hydrogen-bond acceptors (Lipinski definition) is 5. The van der Waals surface area contributed by atoms with Crippen LogP contribution >= 0.6 is 23.2 Å². The fourth-order valence-electron chi connectivity index (χ4n) is 3.45. The Bertz CT molecular complexity index is 903. The molecule has 0 aromatic heterocycles. The van der Waals surface area contributed by atoms with Crippen LogP contribution in [-0.4, -0.2) is 81.2 Å². The van der Waals surface area contributed by atoms with Gasteiger partial charge in [0.15, 0.2) is 0 Å². The maximum atomic E-state index is 12.9. The molecule has 1 aromatic rings. The molecule has 0 N–H and O–H groups in total. The number of hydrogen-bond donors (Lipinski definition) is 0. The number of morpholine rings is 1. The second-order valence-electron chi connectivity index (χ2n) is 6.99. The number of piperazine rings is 1. The van der Waals surface area contributed by atoms with E-state index < -0.39 is 20.2 Å². The van der Waals surface area contributed by atoms with Crippen molar-refractivity contribution < 1.29 is 21.6 Å². The third-order valence-corrected chi connectivity index (χ3v) is 8.99. The zero-order chi connectivity index (χ0) is 20.7. The van der Waals surface area contributed by atoms with E-state index in [1.165, 1.54) is 31.1 Å². The van der Waals surface area contributed by atoms with E-state index in [1.807, 2.05) is 13.8 Å². The van der Waals surface area contributed by atoms with E-state index in [-0.39, 0.29) is 66.4 Å². The van der Waals surface area contributed by atoms with Crippen molar-refractivity contribution in [3.05, 3.63) is 28.2 Å². The summed E-state index contributed by atoms with van der Waals surface area (Å²) in [4.78, 5) is -0.00265. The Morgan fingerprint density at radius 1 is 0.821 bits per heavy atom. The molecule has 2 saturated heterocycles. The van der Waals surface area contributed by atoms with Crippen LogP contribution in [0.1, 0.15) is 13.8 Å². The van der Waals surface area contributed by atoms with E-state index in [1.54, 1.807) is 0 Å². The number of sulfonamides is 1. The van der Waals surface area contributed by atoms with Crippen molar-refractivity contribution >= 4 is 43.4 Å². The van der Waals surface area contributed by atoms with Gasteiger partial charge in [0.1, 0.15) is 0 Å². The number of nitrogens with zero attached hydrogens (tertiary/aromatic N) is 3. The molecule has 8 nitrogen and oxygen atoms in total. The SMILES string of the molecule is C[C@@H]1CN(S(=O)(=O)N2CCN(S(=O)(=O)c3cc(Cl)cc(Cl)c3)CC2)C[C@H](C)O1. The first-order valence-corrected chi connectivity index (χ1v) is 12.5. The van der Waals surface area contributed by atoms with Gasteiger partial charge in [-0.1, -0.05) is 23.2 Å². The summed E-state index contributed by atoms with van der Waals surface area (Å²) >= 11 is 11.8. The first kappa shape index (κ1) is 22.2. The third-order valence-electron chi connectivity index (χ3n) is 4.71. The van der Waals surface area contributed by atoms with Crippen molar-refractivity contribution in [2.24, 2.45) is 0 Å². The normalized spacial score (nSPS) is 26.4. The first-order valence-electron chi connectivity index (χ1n) is 8.87. The molecule has 2 heterocycles. The van der Waals surface area contributed by atoms with Crippen LogP contribution in [0.5, 0.6) is 0 Å². The Labute approximate surface area is 176 Å². The molecule has 28 heavy (non-hydrogen) atoms. The number of halogens is 2. The van der Waals surface area contributed by atoms with E-state index in [2.05, 4.69) is 0 Å². The van der Waals surface area contributed by atoms with Crippen LogP contribution in [0, 0.1) is 0 Å². The van der Waals surface area contributed by atoms with E-state index in [0.717, 1.165) is 0 Å². The minimum Gasteiger partial charge on any atom is -0.373 e. The monoisotopic (exact) mass is 471 g/mol. The standard InChI is InChI=1S/C16H23Cl2N3O5S2/c1-12-10-21(11-13(2)26-12)28(24,25)20-5-3-19(4-6-20)27(22,23)16-8-14(17)7-15(18)9-16/h7-9,12-13H,3-6,10-11H2,1-2H3/t12-,13+. The Kier molecular flexibility index (Phi) is 6.63. The van der Waals surface area contributed by atoms with Gasteiger partial charge in [0.25, 0.3) is 10.2 Å². The number of rotatable bonds is 4. The quantitative estimate of drug-likeness (QED) is 0.665. The van der Waals surface area contributed by atoms with Crippen molar-refractivity contribution in [3.63, 3.8) is 0 Å². The van der Waals surface area contributed by atoms with E-state index >= 15 is 0 Å². The van der Waals surface area contributed by atoms with Gasteiger partial charge < -0.3 is 4.74 Å². The van der Waals surface area contributed by atoms with Crippen molar-refractivity contribution in [2.75, 3.05) is 39.3 Å². The van der Waals surface area contributed by atoms with Crippen molar-refractivity contribution in [1.82, 2.24) is 12.9 Å². The minimum absolute atomic E-state index is 0.00265. The van der Waals surface area contributed by atoms with Crippen LogP contribution in [0.2, 0.25) is 10.0 Å². The lowest BCUT2D eigenvalue weighted by Gasteiger charge is -2.40. The van der Waals surface area contributed by atoms with Gasteiger partial charge in [0, 0.05) is 49.3 Å². The number of ether oxygens (including phenoxy) is 1. The highest BCUT2D eigenvalue weighted by Gasteiger charge is 2.38. The van der Waals surface area contributed by atoms with Gasteiger partial charge in [-0.15, -0.1) is 0 Å². The molecule has 2 aliphatic rings. The Hall–Kier alpha value is -0.460. The molecule has 0 aliphatic carbocycles. The molecule has 1 aromatic carbocycles. The summed E-state index contributed by atoms with van der Waals surface area (Å²) in [6.45, 7) is 4.50. The zero-order valence-corrected chi connectivity index (χ0v) is 18.7. The van der Waals surface area contributed by atoms with Crippen LogP contribution in [-0.2, 0) is 25.0 Å². The molecule has 0 unspecified atom stereocenters. The van der Waals surface area contributed by atoms with Crippen molar-refractivity contribution in [3.8, 4) is 0 Å². The molecular weight excluding hydrogens is 449 g/mol. The van der Waals surface area contributed by atoms with Crippen LogP contribution < -0.4 is 0 Å². The summed E-state index contributed by atoms with van der Waals surface area (Å²) < 4.78 is 61.2. The van der Waals surface area contributed by atoms with Crippen LogP contribution in [0.15, 0.2) is 23.1 Å². The van der Waals surface area contributed by atoms with Crippen LogP contribution in [0.25, 0.3) is 0 Å². The highest BCUT2D eigenvalue weighted by atomic mass is 35.5. The first-order chi connectivity index (χ1) is 13.0. The lowest BCUT2D eigenvalue weighted by atomic mass is 10.3. The lowest BCUT2D eigenvalue weighted by Crippen LogP contribution is -2.57. The Morgan fingerprint density at radius 2 is 1.29 bits per heavy atom. The molecule has 158 valence electrons. The van der Waals surface area contributed by atoms with Gasteiger partial charge in [-0.25, -0.2) is 8.42 Å². The number of benzene rings is 1. The summed E-state index contributed by atoms with van der Waals surface area (Å²) in [5, 5.41) is 0.450. The van der Waals surface area contributed by atoms with Crippen LogP contribution in [0.4, 0.5) is 0 Å². The molecule has 2 atom stereocenters.